The largest absolute Gasteiger partial charge is 0.370 e. The summed E-state index contributed by atoms with van der Waals surface area (Å²) in [6.07, 6.45) is 4.98. The lowest BCUT2D eigenvalue weighted by molar-refractivity contribution is 0.315. The summed E-state index contributed by atoms with van der Waals surface area (Å²) < 4.78 is -1.71. The van der Waals surface area contributed by atoms with Gasteiger partial charge in [0.15, 0.2) is 5.96 Å². The van der Waals surface area contributed by atoms with Crippen molar-refractivity contribution in [3.63, 3.8) is 0 Å². The Kier molecular flexibility index (Phi) is 8.06. The molecule has 30 heavy (non-hydrogen) atoms. The van der Waals surface area contributed by atoms with Crippen LogP contribution in [0.3, 0.4) is 0 Å². The maximum Gasteiger partial charge on any atom is 0.251 e. The molecule has 8 nitrogen and oxygen atoms in total. The lowest BCUT2D eigenvalue weighted by Gasteiger charge is -2.29. The molecule has 0 bridgehead atoms. The molecule has 0 aromatic heterocycles. The number of rotatable bonds is 7. The summed E-state index contributed by atoms with van der Waals surface area (Å²) in [4.78, 5) is 6.92. The van der Waals surface area contributed by atoms with Gasteiger partial charge in [-0.2, -0.15) is 0 Å². The van der Waals surface area contributed by atoms with E-state index in [1.54, 1.807) is 30.3 Å². The SMILES string of the molecule is N/C(=N\C1(NCCCN2CCCC2)C=C(C(Cl)(Cl)Cl)NN=N1)Nc1ccc(Cl)cc1. The highest BCUT2D eigenvalue weighted by molar-refractivity contribution is 6.69. The second-order valence-corrected chi connectivity index (χ2v) is 9.77. The van der Waals surface area contributed by atoms with Crippen molar-refractivity contribution < 1.29 is 0 Å². The number of allylic oxidation sites excluding steroid dienone is 1. The number of nitrogens with one attached hydrogen (secondary N) is 3. The van der Waals surface area contributed by atoms with Gasteiger partial charge in [0.2, 0.25) is 3.79 Å². The van der Waals surface area contributed by atoms with Crippen LogP contribution in [0, 0.1) is 0 Å². The predicted molar refractivity (Wildman–Crippen MR) is 124 cm³/mol. The van der Waals surface area contributed by atoms with Crippen molar-refractivity contribution in [2.45, 2.75) is 28.8 Å². The summed E-state index contributed by atoms with van der Waals surface area (Å²) >= 11 is 24.0. The van der Waals surface area contributed by atoms with E-state index in [9.17, 15) is 0 Å². The highest BCUT2D eigenvalue weighted by Gasteiger charge is 2.36. The third-order valence-electron chi connectivity index (χ3n) is 4.67. The van der Waals surface area contributed by atoms with Gasteiger partial charge in [0.25, 0.3) is 5.79 Å². The number of likely N-dealkylation sites (tertiary alicyclic amines) is 1. The van der Waals surface area contributed by atoms with Gasteiger partial charge in [-0.05, 0) is 63.2 Å². The van der Waals surface area contributed by atoms with Gasteiger partial charge < -0.3 is 16.0 Å². The van der Waals surface area contributed by atoms with Crippen molar-refractivity contribution in [2.75, 3.05) is 31.5 Å². The van der Waals surface area contributed by atoms with Crippen LogP contribution in [-0.2, 0) is 0 Å². The summed E-state index contributed by atoms with van der Waals surface area (Å²) in [5.74, 6) is -1.19. The van der Waals surface area contributed by atoms with E-state index in [2.05, 4.69) is 36.3 Å². The molecule has 0 saturated carbocycles. The molecule has 0 aliphatic carbocycles. The summed E-state index contributed by atoms with van der Waals surface area (Å²) in [6, 6.07) is 7.06. The molecule has 1 aromatic rings. The van der Waals surface area contributed by atoms with Gasteiger partial charge in [-0.1, -0.05) is 51.6 Å². The molecule has 0 amide bonds. The van der Waals surface area contributed by atoms with Gasteiger partial charge in [0.1, 0.15) is 0 Å². The Morgan fingerprint density at radius 2 is 1.93 bits per heavy atom. The molecule has 1 unspecified atom stereocenters. The van der Waals surface area contributed by atoms with E-state index in [1.165, 1.54) is 12.8 Å². The van der Waals surface area contributed by atoms with Crippen LogP contribution >= 0.6 is 46.4 Å². The van der Waals surface area contributed by atoms with Crippen molar-refractivity contribution in [3.05, 3.63) is 41.1 Å². The third kappa shape index (κ3) is 6.87. The molecular weight excluding hydrogens is 470 g/mol. The van der Waals surface area contributed by atoms with Crippen LogP contribution in [0.2, 0.25) is 5.02 Å². The molecular formula is C18H24Cl4N8. The molecule has 0 spiro atoms. The van der Waals surface area contributed by atoms with Crippen LogP contribution in [0.1, 0.15) is 19.3 Å². The standard InChI is InChI=1S/C18H24Cl4N8/c19-13-4-6-14(7-5-13)25-16(23)26-17(12-15(18(20,21)22)27-29-28-17)24-8-3-11-30-9-1-2-10-30/h4-7,12,24H,1-3,8-11H2,(H,27,28)(H3,23,25,26). The topological polar surface area (TPSA) is 102 Å². The van der Waals surface area contributed by atoms with Crippen LogP contribution in [0.5, 0.6) is 0 Å². The van der Waals surface area contributed by atoms with E-state index < -0.39 is 9.58 Å². The minimum atomic E-state index is -1.71. The zero-order valence-electron chi connectivity index (χ0n) is 16.2. The maximum atomic E-state index is 6.13. The number of alkyl halides is 3. The second kappa shape index (κ2) is 10.3. The Labute approximate surface area is 195 Å². The number of hydrogen-bond donors (Lipinski definition) is 4. The summed E-state index contributed by atoms with van der Waals surface area (Å²) in [5, 5.41) is 15.0. The maximum absolute atomic E-state index is 6.13. The minimum absolute atomic E-state index is 0.116. The van der Waals surface area contributed by atoms with E-state index in [0.717, 1.165) is 31.7 Å². The van der Waals surface area contributed by atoms with Gasteiger partial charge in [-0.15, -0.1) is 5.11 Å². The monoisotopic (exact) mass is 492 g/mol. The van der Waals surface area contributed by atoms with Crippen LogP contribution in [0.4, 0.5) is 5.69 Å². The average Bonchev–Trinajstić information content (AvgIpc) is 3.20. The fourth-order valence-corrected chi connectivity index (χ4v) is 3.63. The number of halogens is 4. The zero-order valence-corrected chi connectivity index (χ0v) is 19.2. The van der Waals surface area contributed by atoms with Gasteiger partial charge in [-0.3, -0.25) is 10.7 Å². The van der Waals surface area contributed by atoms with Gasteiger partial charge >= 0.3 is 0 Å². The smallest absolute Gasteiger partial charge is 0.251 e. The first-order valence-electron chi connectivity index (χ1n) is 9.59. The van der Waals surface area contributed by atoms with Crippen molar-refractivity contribution in [3.8, 4) is 0 Å². The predicted octanol–water partition coefficient (Wildman–Crippen LogP) is 4.02. The number of nitrogens with zero attached hydrogens (tertiary/aromatic N) is 4. The van der Waals surface area contributed by atoms with Crippen molar-refractivity contribution in [1.82, 2.24) is 15.6 Å². The van der Waals surface area contributed by atoms with E-state index in [-0.39, 0.29) is 11.7 Å². The first-order chi connectivity index (χ1) is 14.3. The number of nitrogens with two attached hydrogens (primary N) is 1. The summed E-state index contributed by atoms with van der Waals surface area (Å²) in [5.41, 5.74) is 9.69. The number of anilines is 1. The Hall–Kier alpha value is -1.29. The minimum Gasteiger partial charge on any atom is -0.370 e. The van der Waals surface area contributed by atoms with Gasteiger partial charge in [0.05, 0.1) is 5.70 Å². The summed E-state index contributed by atoms with van der Waals surface area (Å²) in [6.45, 7) is 3.89. The molecule has 1 fully saturated rings. The van der Waals surface area contributed by atoms with Gasteiger partial charge in [-0.25, -0.2) is 4.99 Å². The molecule has 3 rings (SSSR count). The molecule has 1 aromatic carbocycles. The number of aliphatic imine (C=N–C) groups is 1. The first kappa shape index (κ1) is 23.4. The van der Waals surface area contributed by atoms with Crippen molar-refractivity contribution in [1.29, 1.82) is 0 Å². The van der Waals surface area contributed by atoms with E-state index in [0.29, 0.717) is 11.6 Å². The molecule has 2 aliphatic heterocycles. The highest BCUT2D eigenvalue weighted by Crippen LogP contribution is 2.36. The Balaban J connectivity index is 1.74. The third-order valence-corrected chi connectivity index (χ3v) is 5.53. The normalized spacial score (nSPS) is 22.7. The van der Waals surface area contributed by atoms with Crippen LogP contribution < -0.4 is 21.8 Å². The van der Waals surface area contributed by atoms with E-state index in [4.69, 9.17) is 52.1 Å². The molecule has 1 saturated heterocycles. The molecule has 164 valence electrons. The Morgan fingerprint density at radius 1 is 1.23 bits per heavy atom. The second-order valence-electron chi connectivity index (χ2n) is 7.05. The molecule has 2 heterocycles. The molecule has 1 atom stereocenters. The molecule has 0 radical (unpaired) electrons. The van der Waals surface area contributed by atoms with E-state index >= 15 is 0 Å². The fourth-order valence-electron chi connectivity index (χ4n) is 3.22. The van der Waals surface area contributed by atoms with E-state index in [1.807, 2.05) is 0 Å². The average molecular weight is 494 g/mol. The quantitative estimate of drug-likeness (QED) is 0.199. The van der Waals surface area contributed by atoms with Crippen molar-refractivity contribution >= 4 is 58.1 Å². The molecule has 12 heteroatoms. The van der Waals surface area contributed by atoms with Crippen LogP contribution in [0.25, 0.3) is 0 Å². The fraction of sp³-hybridized carbons (Fsp3) is 0.500. The van der Waals surface area contributed by atoms with Crippen molar-refractivity contribution in [2.24, 2.45) is 21.1 Å². The highest BCUT2D eigenvalue weighted by atomic mass is 35.6. The zero-order chi connectivity index (χ0) is 21.6. The Morgan fingerprint density at radius 3 is 2.60 bits per heavy atom. The molecule has 5 N–H and O–H groups in total. The lowest BCUT2D eigenvalue weighted by Crippen LogP contribution is -2.47. The number of guanidine groups is 1. The van der Waals surface area contributed by atoms with Gasteiger partial charge in [0, 0.05) is 23.3 Å². The molecule has 2 aliphatic rings. The summed E-state index contributed by atoms with van der Waals surface area (Å²) in [7, 11) is 0. The lowest BCUT2D eigenvalue weighted by atomic mass is 10.2. The van der Waals surface area contributed by atoms with Crippen LogP contribution in [-0.4, -0.2) is 46.6 Å². The number of benzene rings is 1. The Bertz CT molecular complexity index is 799. The number of hydrogen-bond acceptors (Lipinski definition) is 6. The first-order valence-corrected chi connectivity index (χ1v) is 11.1. The van der Waals surface area contributed by atoms with Crippen LogP contribution in [0.15, 0.2) is 51.4 Å².